The Bertz CT molecular complexity index is 568. The van der Waals surface area contributed by atoms with E-state index in [1.807, 2.05) is 13.8 Å². The minimum absolute atomic E-state index is 0.0888. The highest BCUT2D eigenvalue weighted by molar-refractivity contribution is 7.89. The molecule has 1 amide bonds. The Morgan fingerprint density at radius 2 is 2.00 bits per heavy atom. The van der Waals surface area contributed by atoms with Gasteiger partial charge in [0.1, 0.15) is 0 Å². The van der Waals surface area contributed by atoms with Crippen LogP contribution in [0.2, 0.25) is 0 Å². The zero-order valence-electron chi connectivity index (χ0n) is 12.4. The van der Waals surface area contributed by atoms with E-state index >= 15 is 0 Å². The third-order valence-corrected chi connectivity index (χ3v) is 4.86. The highest BCUT2D eigenvalue weighted by Gasteiger charge is 2.18. The third kappa shape index (κ3) is 4.05. The highest BCUT2D eigenvalue weighted by Crippen LogP contribution is 2.19. The second-order valence-corrected chi connectivity index (χ2v) is 7.15. The van der Waals surface area contributed by atoms with Gasteiger partial charge in [-0.15, -0.1) is 0 Å². The van der Waals surface area contributed by atoms with Crippen LogP contribution in [0.25, 0.3) is 0 Å². The van der Waals surface area contributed by atoms with Crippen LogP contribution in [-0.2, 0) is 14.8 Å². The second-order valence-electron chi connectivity index (χ2n) is 4.99. The molecule has 0 aromatic heterocycles. The summed E-state index contributed by atoms with van der Waals surface area (Å²) >= 11 is 0. The number of amides is 1. The van der Waals surface area contributed by atoms with Crippen molar-refractivity contribution in [3.05, 3.63) is 24.3 Å². The van der Waals surface area contributed by atoms with Crippen LogP contribution in [0.5, 0.6) is 0 Å². The van der Waals surface area contributed by atoms with E-state index in [1.54, 1.807) is 12.1 Å². The first-order chi connectivity index (χ1) is 9.28. The number of sulfonamides is 1. The Kier molecular flexibility index (Phi) is 5.71. The molecule has 5 nitrogen and oxygen atoms in total. The van der Waals surface area contributed by atoms with E-state index in [0.29, 0.717) is 5.69 Å². The fourth-order valence-corrected chi connectivity index (χ4v) is 2.72. The highest BCUT2D eigenvalue weighted by atomic mass is 32.2. The number of hydrogen-bond donors (Lipinski definition) is 1. The topological polar surface area (TPSA) is 66.5 Å². The van der Waals surface area contributed by atoms with E-state index in [9.17, 15) is 13.2 Å². The molecular weight excluding hydrogens is 276 g/mol. The molecular formula is C14H22N2O3S. The molecule has 6 heteroatoms. The van der Waals surface area contributed by atoms with Gasteiger partial charge in [-0.3, -0.25) is 4.79 Å². The van der Waals surface area contributed by atoms with Crippen molar-refractivity contribution in [1.29, 1.82) is 0 Å². The maximum Gasteiger partial charge on any atom is 0.242 e. The summed E-state index contributed by atoms with van der Waals surface area (Å²) in [6.45, 7) is 3.88. The first-order valence-corrected chi connectivity index (χ1v) is 8.06. The minimum atomic E-state index is -3.48. The van der Waals surface area contributed by atoms with Crippen LogP contribution in [0.15, 0.2) is 29.2 Å². The van der Waals surface area contributed by atoms with Gasteiger partial charge in [0.05, 0.1) is 4.90 Å². The maximum atomic E-state index is 12.0. The average Bonchev–Trinajstić information content (AvgIpc) is 2.39. The smallest absolute Gasteiger partial charge is 0.242 e. The van der Waals surface area contributed by atoms with Gasteiger partial charge >= 0.3 is 0 Å². The number of carbonyl (C=O) groups excluding carboxylic acids is 1. The maximum absolute atomic E-state index is 12.0. The van der Waals surface area contributed by atoms with E-state index in [4.69, 9.17) is 0 Å². The van der Waals surface area contributed by atoms with E-state index in [1.165, 1.54) is 26.2 Å². The van der Waals surface area contributed by atoms with Crippen molar-refractivity contribution >= 4 is 21.6 Å². The monoisotopic (exact) mass is 298 g/mol. The Labute approximate surface area is 121 Å². The van der Waals surface area contributed by atoms with Crippen molar-refractivity contribution in [1.82, 2.24) is 4.31 Å². The normalized spacial score (nSPS) is 13.2. The van der Waals surface area contributed by atoms with E-state index in [-0.39, 0.29) is 16.7 Å². The van der Waals surface area contributed by atoms with Gasteiger partial charge in [0.15, 0.2) is 0 Å². The van der Waals surface area contributed by atoms with Gasteiger partial charge in [0, 0.05) is 25.7 Å². The first kappa shape index (κ1) is 16.7. The first-order valence-electron chi connectivity index (χ1n) is 6.62. The molecule has 0 bridgehead atoms. The molecule has 0 aliphatic carbocycles. The van der Waals surface area contributed by atoms with Crippen molar-refractivity contribution in [3.63, 3.8) is 0 Å². The van der Waals surface area contributed by atoms with Crippen LogP contribution in [0, 0.1) is 5.92 Å². The van der Waals surface area contributed by atoms with Gasteiger partial charge in [-0.25, -0.2) is 12.7 Å². The van der Waals surface area contributed by atoms with Crippen molar-refractivity contribution in [3.8, 4) is 0 Å². The van der Waals surface area contributed by atoms with Crippen LogP contribution in [0.1, 0.15) is 26.7 Å². The Morgan fingerprint density at radius 1 is 1.35 bits per heavy atom. The molecule has 112 valence electrons. The second kappa shape index (κ2) is 6.85. The summed E-state index contributed by atoms with van der Waals surface area (Å²) in [5, 5.41) is 2.76. The standard InChI is InChI=1S/C14H22N2O3S/c1-5-7-11(2)14(17)15-12-8-6-9-13(10-12)20(18,19)16(3)4/h6,8-11H,5,7H2,1-4H3,(H,15,17). The molecule has 0 aliphatic rings. The van der Waals surface area contributed by atoms with E-state index < -0.39 is 10.0 Å². The summed E-state index contributed by atoms with van der Waals surface area (Å²) in [5.41, 5.74) is 0.501. The molecule has 0 spiro atoms. The fourth-order valence-electron chi connectivity index (χ4n) is 1.77. The zero-order valence-corrected chi connectivity index (χ0v) is 13.2. The number of nitrogens with one attached hydrogen (secondary N) is 1. The van der Waals surface area contributed by atoms with Gasteiger partial charge in [-0.05, 0) is 24.6 Å². The van der Waals surface area contributed by atoms with Crippen molar-refractivity contribution in [2.75, 3.05) is 19.4 Å². The summed E-state index contributed by atoms with van der Waals surface area (Å²) in [4.78, 5) is 12.1. The Hall–Kier alpha value is -1.40. The molecule has 0 heterocycles. The van der Waals surface area contributed by atoms with Gasteiger partial charge in [0.2, 0.25) is 15.9 Å². The van der Waals surface area contributed by atoms with Crippen molar-refractivity contribution in [2.45, 2.75) is 31.6 Å². The lowest BCUT2D eigenvalue weighted by molar-refractivity contribution is -0.119. The average molecular weight is 298 g/mol. The number of carbonyl (C=O) groups is 1. The predicted octanol–water partition coefficient (Wildman–Crippen LogP) is 2.31. The predicted molar refractivity (Wildman–Crippen MR) is 80.0 cm³/mol. The molecule has 0 saturated carbocycles. The number of hydrogen-bond acceptors (Lipinski definition) is 3. The fraction of sp³-hybridized carbons (Fsp3) is 0.500. The van der Waals surface area contributed by atoms with Crippen LogP contribution in [-0.4, -0.2) is 32.7 Å². The SMILES string of the molecule is CCCC(C)C(=O)Nc1cccc(S(=O)(=O)N(C)C)c1. The summed E-state index contributed by atoms with van der Waals surface area (Å²) in [5.74, 6) is -0.180. The molecule has 1 unspecified atom stereocenters. The number of rotatable bonds is 6. The molecule has 0 radical (unpaired) electrons. The van der Waals surface area contributed by atoms with Crippen molar-refractivity contribution < 1.29 is 13.2 Å². The number of anilines is 1. The lowest BCUT2D eigenvalue weighted by Gasteiger charge is -2.14. The van der Waals surface area contributed by atoms with Gasteiger partial charge in [-0.1, -0.05) is 26.3 Å². The lowest BCUT2D eigenvalue weighted by atomic mass is 10.1. The summed E-state index contributed by atoms with van der Waals surface area (Å²) in [6, 6.07) is 6.30. The van der Waals surface area contributed by atoms with Crippen LogP contribution in [0.4, 0.5) is 5.69 Å². The van der Waals surface area contributed by atoms with Crippen LogP contribution in [0.3, 0.4) is 0 Å². The third-order valence-electron chi connectivity index (χ3n) is 3.05. The van der Waals surface area contributed by atoms with Crippen LogP contribution >= 0.6 is 0 Å². The summed E-state index contributed by atoms with van der Waals surface area (Å²) in [6.07, 6.45) is 1.74. The van der Waals surface area contributed by atoms with E-state index in [0.717, 1.165) is 17.1 Å². The summed E-state index contributed by atoms with van der Waals surface area (Å²) < 4.78 is 25.2. The van der Waals surface area contributed by atoms with Crippen LogP contribution < -0.4 is 5.32 Å². The Morgan fingerprint density at radius 3 is 2.55 bits per heavy atom. The largest absolute Gasteiger partial charge is 0.326 e. The molecule has 1 aromatic rings. The zero-order chi connectivity index (χ0) is 15.3. The molecule has 1 N–H and O–H groups in total. The molecule has 1 rings (SSSR count). The molecule has 1 atom stereocenters. The quantitative estimate of drug-likeness (QED) is 0.876. The Balaban J connectivity index is 2.92. The lowest BCUT2D eigenvalue weighted by Crippen LogP contribution is -2.23. The number of benzene rings is 1. The van der Waals surface area contributed by atoms with E-state index in [2.05, 4.69) is 5.32 Å². The molecule has 0 saturated heterocycles. The van der Waals surface area contributed by atoms with Gasteiger partial charge < -0.3 is 5.32 Å². The molecule has 1 aromatic carbocycles. The van der Waals surface area contributed by atoms with Gasteiger partial charge in [-0.2, -0.15) is 0 Å². The number of nitrogens with zero attached hydrogens (tertiary/aromatic N) is 1. The molecule has 20 heavy (non-hydrogen) atoms. The van der Waals surface area contributed by atoms with Crippen molar-refractivity contribution in [2.24, 2.45) is 5.92 Å². The molecule has 0 aliphatic heterocycles. The van der Waals surface area contributed by atoms with Gasteiger partial charge in [0.25, 0.3) is 0 Å². The minimum Gasteiger partial charge on any atom is -0.326 e. The summed E-state index contributed by atoms with van der Waals surface area (Å²) in [7, 11) is -0.531. The molecule has 0 fully saturated rings.